The number of aromatic nitrogens is 3. The highest BCUT2D eigenvalue weighted by atomic mass is 14.8. The quantitative estimate of drug-likeness (QED) is 0.179. The minimum Gasteiger partial charge on any atom is -0.357 e. The third kappa shape index (κ3) is 4.91. The van der Waals surface area contributed by atoms with E-state index in [0.29, 0.717) is 0 Å². The first-order chi connectivity index (χ1) is 23.8. The summed E-state index contributed by atoms with van der Waals surface area (Å²) in [6.45, 7) is 0. The van der Waals surface area contributed by atoms with Gasteiger partial charge < -0.3 is 15.0 Å². The molecule has 0 amide bonds. The maximum Gasteiger partial charge on any atom is 0.0733 e. The van der Waals surface area contributed by atoms with E-state index in [1.165, 1.54) is 5.56 Å². The number of nitrogens with zero attached hydrogens (tertiary/aromatic N) is 1. The van der Waals surface area contributed by atoms with E-state index in [2.05, 4.69) is 185 Å². The van der Waals surface area contributed by atoms with Gasteiger partial charge in [0, 0.05) is 50.2 Å². The van der Waals surface area contributed by atoms with Gasteiger partial charge in [-0.3, -0.25) is 4.99 Å². The fourth-order valence-corrected chi connectivity index (χ4v) is 7.10. The SMILES string of the molecule is C1=C/C2=C(\c3ccccc3)c3ccc([nH]3)/C(c3ccccc3)=c3/cc/c([nH]3)=C(\c3ccccc3)c3ccc([nH]3)C(c3ccccc3)C1=N2. The van der Waals surface area contributed by atoms with Crippen LogP contribution in [0.3, 0.4) is 0 Å². The summed E-state index contributed by atoms with van der Waals surface area (Å²) in [6.07, 6.45) is 4.34. The topological polar surface area (TPSA) is 59.7 Å². The van der Waals surface area contributed by atoms with E-state index in [4.69, 9.17) is 4.99 Å². The van der Waals surface area contributed by atoms with Crippen LogP contribution in [0.2, 0.25) is 0 Å². The molecule has 0 saturated heterocycles. The highest BCUT2D eigenvalue weighted by Gasteiger charge is 2.26. The first-order valence-electron chi connectivity index (χ1n) is 16.3. The van der Waals surface area contributed by atoms with Gasteiger partial charge in [-0.15, -0.1) is 0 Å². The lowest BCUT2D eigenvalue weighted by atomic mass is 9.91. The fourth-order valence-electron chi connectivity index (χ4n) is 7.10. The van der Waals surface area contributed by atoms with Crippen molar-refractivity contribution in [2.75, 3.05) is 0 Å². The predicted molar refractivity (Wildman–Crippen MR) is 195 cm³/mol. The molecule has 0 fully saturated rings. The minimum atomic E-state index is -0.0768. The van der Waals surface area contributed by atoms with Crippen LogP contribution < -0.4 is 10.7 Å². The van der Waals surface area contributed by atoms with Gasteiger partial charge in [-0.05, 0) is 70.8 Å². The van der Waals surface area contributed by atoms with Gasteiger partial charge in [-0.1, -0.05) is 121 Å². The molecule has 2 aliphatic heterocycles. The zero-order valence-electron chi connectivity index (χ0n) is 26.2. The van der Waals surface area contributed by atoms with Gasteiger partial charge >= 0.3 is 0 Å². The normalized spacial score (nSPS) is 19.3. The molecule has 3 aromatic heterocycles. The first kappa shape index (κ1) is 27.9. The van der Waals surface area contributed by atoms with Crippen LogP contribution in [-0.4, -0.2) is 20.7 Å². The molecule has 0 saturated carbocycles. The lowest BCUT2D eigenvalue weighted by molar-refractivity contribution is 1.01. The number of aromatic amines is 3. The van der Waals surface area contributed by atoms with E-state index in [1.54, 1.807) is 0 Å². The van der Waals surface area contributed by atoms with Crippen LogP contribution in [0, 0.1) is 0 Å². The molecule has 1 atom stereocenters. The molecule has 4 nitrogen and oxygen atoms in total. The van der Waals surface area contributed by atoms with Crippen LogP contribution in [0.5, 0.6) is 0 Å². The van der Waals surface area contributed by atoms with Gasteiger partial charge in [0.2, 0.25) is 0 Å². The molecule has 1 unspecified atom stereocenters. The summed E-state index contributed by atoms with van der Waals surface area (Å²) in [5.41, 5.74) is 14.0. The number of hydrogen-bond donors (Lipinski definition) is 3. The van der Waals surface area contributed by atoms with Crippen LogP contribution in [0.15, 0.2) is 181 Å². The standard InChI is InChI=1S/C44H32N4/c1-5-13-29(14-6-1)41-33-21-23-35(45-33)42(30-15-7-2-8-16-30)37-25-27-39(47-37)44(32-19-11-4-12-20-32)40-28-26-38(48-40)43(31-17-9-3-10-18-31)36-24-22-34(41)46-36/h1-28,41,45,47-48H/b42-37-,43-36-,44-39-. The third-order valence-corrected chi connectivity index (χ3v) is 9.27. The van der Waals surface area contributed by atoms with Crippen LogP contribution in [-0.2, 0) is 0 Å². The lowest BCUT2D eigenvalue weighted by Gasteiger charge is -2.16. The molecule has 0 aliphatic carbocycles. The largest absolute Gasteiger partial charge is 0.357 e. The summed E-state index contributed by atoms with van der Waals surface area (Å²) in [5.74, 6) is -0.0768. The van der Waals surface area contributed by atoms with Gasteiger partial charge in [0.15, 0.2) is 0 Å². The van der Waals surface area contributed by atoms with Gasteiger partial charge in [0.1, 0.15) is 0 Å². The number of rotatable bonds is 4. The molecule has 228 valence electrons. The Morgan fingerprint density at radius 1 is 0.396 bits per heavy atom. The molecular formula is C44H32N4. The summed E-state index contributed by atoms with van der Waals surface area (Å²) in [7, 11) is 0. The maximum atomic E-state index is 5.39. The van der Waals surface area contributed by atoms with Crippen molar-refractivity contribution in [1.29, 1.82) is 0 Å². The van der Waals surface area contributed by atoms with Crippen LogP contribution in [0.1, 0.15) is 50.9 Å². The Balaban J connectivity index is 1.39. The van der Waals surface area contributed by atoms with Crippen molar-refractivity contribution in [3.8, 4) is 0 Å². The Hall–Kier alpha value is -6.39. The summed E-state index contributed by atoms with van der Waals surface area (Å²) in [6, 6.07) is 55.6. The average Bonchev–Trinajstić information content (AvgIpc) is 3.98. The second-order valence-corrected chi connectivity index (χ2v) is 12.2. The molecular weight excluding hydrogens is 585 g/mol. The van der Waals surface area contributed by atoms with Crippen molar-refractivity contribution in [3.63, 3.8) is 0 Å². The van der Waals surface area contributed by atoms with E-state index >= 15 is 0 Å². The van der Waals surface area contributed by atoms with Crippen molar-refractivity contribution < 1.29 is 0 Å². The molecule has 4 heteroatoms. The first-order valence-corrected chi connectivity index (χ1v) is 16.3. The van der Waals surface area contributed by atoms with E-state index < -0.39 is 0 Å². The highest BCUT2D eigenvalue weighted by Crippen LogP contribution is 2.36. The van der Waals surface area contributed by atoms with Gasteiger partial charge in [0.25, 0.3) is 0 Å². The fraction of sp³-hybridized carbons (Fsp3) is 0.0227. The Labute approximate surface area is 278 Å². The summed E-state index contributed by atoms with van der Waals surface area (Å²) in [4.78, 5) is 16.9. The second-order valence-electron chi connectivity index (χ2n) is 12.2. The van der Waals surface area contributed by atoms with Gasteiger partial charge in [0.05, 0.1) is 17.3 Å². The number of hydrogen-bond acceptors (Lipinski definition) is 1. The monoisotopic (exact) mass is 616 g/mol. The van der Waals surface area contributed by atoms with Gasteiger partial charge in [-0.2, -0.15) is 0 Å². The number of fused-ring (bicyclic) bond motifs is 7. The number of nitrogens with one attached hydrogen (secondary N) is 3. The smallest absolute Gasteiger partial charge is 0.0733 e. The van der Waals surface area contributed by atoms with Crippen molar-refractivity contribution in [3.05, 3.63) is 231 Å². The number of allylic oxidation sites excluding steroid dienone is 2. The van der Waals surface area contributed by atoms with E-state index in [9.17, 15) is 0 Å². The summed E-state index contributed by atoms with van der Waals surface area (Å²) >= 11 is 0. The maximum absolute atomic E-state index is 5.39. The van der Waals surface area contributed by atoms with Crippen LogP contribution in [0.25, 0.3) is 16.7 Å². The summed E-state index contributed by atoms with van der Waals surface area (Å²) < 4.78 is 0. The summed E-state index contributed by atoms with van der Waals surface area (Å²) in [5, 5.41) is 2.08. The van der Waals surface area contributed by atoms with Crippen molar-refractivity contribution in [1.82, 2.24) is 15.0 Å². The Kier molecular flexibility index (Phi) is 6.83. The number of aliphatic imine (C=N–C) groups is 1. The molecule has 5 heterocycles. The van der Waals surface area contributed by atoms with Crippen LogP contribution >= 0.6 is 0 Å². The zero-order chi connectivity index (χ0) is 31.9. The molecule has 0 radical (unpaired) electrons. The Morgan fingerprint density at radius 2 is 0.875 bits per heavy atom. The van der Waals surface area contributed by atoms with Crippen LogP contribution in [0.4, 0.5) is 0 Å². The Morgan fingerprint density at radius 3 is 1.46 bits per heavy atom. The molecule has 7 aromatic rings. The molecule has 2 aliphatic rings. The third-order valence-electron chi connectivity index (χ3n) is 9.27. The van der Waals surface area contributed by atoms with Crippen molar-refractivity contribution in [2.24, 2.45) is 4.99 Å². The molecule has 4 aromatic carbocycles. The zero-order valence-corrected chi connectivity index (χ0v) is 26.2. The van der Waals surface area contributed by atoms with Gasteiger partial charge in [-0.25, -0.2) is 0 Å². The molecule has 9 rings (SSSR count). The number of benzene rings is 4. The Bertz CT molecular complexity index is 2470. The highest BCUT2D eigenvalue weighted by molar-refractivity contribution is 6.06. The average molecular weight is 617 g/mol. The lowest BCUT2D eigenvalue weighted by Crippen LogP contribution is -2.18. The van der Waals surface area contributed by atoms with Crippen molar-refractivity contribution >= 4 is 22.4 Å². The molecule has 48 heavy (non-hydrogen) atoms. The molecule has 8 bridgehead atoms. The molecule has 3 N–H and O–H groups in total. The second kappa shape index (κ2) is 11.8. The van der Waals surface area contributed by atoms with E-state index in [1.807, 2.05) is 0 Å². The predicted octanol–water partition coefficient (Wildman–Crippen LogP) is 8.08. The van der Waals surface area contributed by atoms with E-state index in [-0.39, 0.29) is 5.92 Å². The minimum absolute atomic E-state index is 0.0768. The van der Waals surface area contributed by atoms with E-state index in [0.717, 1.165) is 78.3 Å². The van der Waals surface area contributed by atoms with Crippen molar-refractivity contribution in [2.45, 2.75) is 5.92 Å². The number of H-pyrrole nitrogens is 3. The molecule has 0 spiro atoms.